The van der Waals surface area contributed by atoms with E-state index in [0.29, 0.717) is 13.2 Å². The molecular formula is C9H20N2O3. The van der Waals surface area contributed by atoms with Gasteiger partial charge in [0.25, 0.3) is 0 Å². The fourth-order valence-electron chi connectivity index (χ4n) is 0.851. The molecule has 0 bridgehead atoms. The molecule has 0 aromatic carbocycles. The fourth-order valence-corrected chi connectivity index (χ4v) is 0.851. The minimum absolute atomic E-state index is 0.408. The van der Waals surface area contributed by atoms with Gasteiger partial charge in [0, 0.05) is 0 Å². The molecule has 0 radical (unpaired) electrons. The standard InChI is InChI=1S/C9H20N2O3/c1-10-5-3-7-13-9(12)14-8-4-6-11-2/h10-11H,3-8H2,1-2H3. The van der Waals surface area contributed by atoms with Gasteiger partial charge in [-0.15, -0.1) is 0 Å². The van der Waals surface area contributed by atoms with Crippen molar-refractivity contribution in [3.63, 3.8) is 0 Å². The van der Waals surface area contributed by atoms with Gasteiger partial charge in [-0.05, 0) is 40.0 Å². The largest absolute Gasteiger partial charge is 0.508 e. The van der Waals surface area contributed by atoms with Crippen molar-refractivity contribution in [3.05, 3.63) is 0 Å². The highest BCUT2D eigenvalue weighted by atomic mass is 16.7. The van der Waals surface area contributed by atoms with E-state index in [1.54, 1.807) is 0 Å². The van der Waals surface area contributed by atoms with Crippen LogP contribution in [0.25, 0.3) is 0 Å². The lowest BCUT2D eigenvalue weighted by Gasteiger charge is -2.05. The number of hydrogen-bond acceptors (Lipinski definition) is 5. The zero-order chi connectivity index (χ0) is 10.6. The van der Waals surface area contributed by atoms with E-state index in [1.807, 2.05) is 14.1 Å². The van der Waals surface area contributed by atoms with Crippen LogP contribution in [0.5, 0.6) is 0 Å². The van der Waals surface area contributed by atoms with Gasteiger partial charge < -0.3 is 20.1 Å². The molecular weight excluding hydrogens is 184 g/mol. The molecule has 0 atom stereocenters. The summed E-state index contributed by atoms with van der Waals surface area (Å²) in [4.78, 5) is 10.9. The van der Waals surface area contributed by atoms with E-state index in [0.717, 1.165) is 25.9 Å². The van der Waals surface area contributed by atoms with Crippen LogP contribution in [0.3, 0.4) is 0 Å². The highest BCUT2D eigenvalue weighted by Crippen LogP contribution is 1.89. The van der Waals surface area contributed by atoms with Gasteiger partial charge in [0.2, 0.25) is 0 Å². The van der Waals surface area contributed by atoms with Gasteiger partial charge in [0.1, 0.15) is 0 Å². The minimum Gasteiger partial charge on any atom is -0.434 e. The number of rotatable bonds is 8. The molecule has 5 heteroatoms. The number of carbonyl (C=O) groups excluding carboxylic acids is 1. The molecule has 0 unspecified atom stereocenters. The van der Waals surface area contributed by atoms with Crippen molar-refractivity contribution < 1.29 is 14.3 Å². The van der Waals surface area contributed by atoms with Gasteiger partial charge in [0.15, 0.2) is 0 Å². The highest BCUT2D eigenvalue weighted by Gasteiger charge is 2.01. The average molecular weight is 204 g/mol. The van der Waals surface area contributed by atoms with E-state index in [4.69, 9.17) is 9.47 Å². The molecule has 0 fully saturated rings. The summed E-state index contributed by atoms with van der Waals surface area (Å²) in [5, 5.41) is 5.92. The first-order valence-electron chi connectivity index (χ1n) is 4.90. The third kappa shape index (κ3) is 9.28. The predicted octanol–water partition coefficient (Wildman–Crippen LogP) is 0.359. The summed E-state index contributed by atoms with van der Waals surface area (Å²) in [6.45, 7) is 2.50. The number of nitrogens with one attached hydrogen (secondary N) is 2. The second kappa shape index (κ2) is 10.3. The Kier molecular flexibility index (Phi) is 9.68. The molecule has 14 heavy (non-hydrogen) atoms. The number of carbonyl (C=O) groups is 1. The molecule has 0 saturated carbocycles. The van der Waals surface area contributed by atoms with Crippen LogP contribution in [0.1, 0.15) is 12.8 Å². The van der Waals surface area contributed by atoms with Crippen LogP contribution in [0, 0.1) is 0 Å². The van der Waals surface area contributed by atoms with Crippen LogP contribution >= 0.6 is 0 Å². The second-order valence-electron chi connectivity index (χ2n) is 2.86. The summed E-state index contributed by atoms with van der Waals surface area (Å²) >= 11 is 0. The third-order valence-electron chi connectivity index (χ3n) is 1.58. The molecule has 0 aliphatic rings. The normalized spacial score (nSPS) is 9.86. The van der Waals surface area contributed by atoms with E-state index in [9.17, 15) is 4.79 Å². The maximum atomic E-state index is 10.9. The summed E-state index contributed by atoms with van der Waals surface area (Å²) in [5.74, 6) is 0. The van der Waals surface area contributed by atoms with Crippen molar-refractivity contribution in [2.24, 2.45) is 0 Å². The first-order valence-corrected chi connectivity index (χ1v) is 4.90. The highest BCUT2D eigenvalue weighted by molar-refractivity contribution is 5.59. The van der Waals surface area contributed by atoms with Crippen LogP contribution in [0.2, 0.25) is 0 Å². The summed E-state index contributed by atoms with van der Waals surface area (Å²) in [6, 6.07) is 0. The summed E-state index contributed by atoms with van der Waals surface area (Å²) in [7, 11) is 3.71. The van der Waals surface area contributed by atoms with Crippen LogP contribution < -0.4 is 10.6 Å². The lowest BCUT2D eigenvalue weighted by Crippen LogP contribution is -2.16. The summed E-state index contributed by atoms with van der Waals surface area (Å²) in [5.41, 5.74) is 0. The van der Waals surface area contributed by atoms with Crippen LogP contribution in [-0.4, -0.2) is 46.6 Å². The van der Waals surface area contributed by atoms with Gasteiger partial charge >= 0.3 is 6.16 Å². The van der Waals surface area contributed by atoms with Crippen LogP contribution in [-0.2, 0) is 9.47 Å². The van der Waals surface area contributed by atoms with Crippen molar-refractivity contribution in [2.75, 3.05) is 40.4 Å². The van der Waals surface area contributed by atoms with Crippen LogP contribution in [0.4, 0.5) is 4.79 Å². The first kappa shape index (κ1) is 13.2. The maximum Gasteiger partial charge on any atom is 0.508 e. The second-order valence-corrected chi connectivity index (χ2v) is 2.86. The molecule has 0 aromatic heterocycles. The number of ether oxygens (including phenoxy) is 2. The Morgan fingerprint density at radius 2 is 1.43 bits per heavy atom. The summed E-state index contributed by atoms with van der Waals surface area (Å²) in [6.07, 6.45) is 1.04. The Bertz CT molecular complexity index is 128. The molecule has 0 amide bonds. The van der Waals surface area contributed by atoms with E-state index in [2.05, 4.69) is 10.6 Å². The average Bonchev–Trinajstić information content (AvgIpc) is 2.19. The van der Waals surface area contributed by atoms with E-state index < -0.39 is 6.16 Å². The third-order valence-corrected chi connectivity index (χ3v) is 1.58. The molecule has 0 aliphatic carbocycles. The Balaban J connectivity index is 3.11. The quantitative estimate of drug-likeness (QED) is 0.441. The smallest absolute Gasteiger partial charge is 0.434 e. The zero-order valence-corrected chi connectivity index (χ0v) is 8.97. The lowest BCUT2D eigenvalue weighted by atomic mass is 10.4. The summed E-state index contributed by atoms with van der Waals surface area (Å²) < 4.78 is 9.61. The SMILES string of the molecule is CNCCCOC(=O)OCCCNC. The van der Waals surface area contributed by atoms with Gasteiger partial charge in [0.05, 0.1) is 13.2 Å². The molecule has 5 nitrogen and oxygen atoms in total. The molecule has 0 aromatic rings. The first-order chi connectivity index (χ1) is 6.81. The van der Waals surface area contributed by atoms with Crippen molar-refractivity contribution in [2.45, 2.75) is 12.8 Å². The van der Waals surface area contributed by atoms with E-state index >= 15 is 0 Å². The Labute approximate surface area is 85.1 Å². The van der Waals surface area contributed by atoms with E-state index in [1.165, 1.54) is 0 Å². The van der Waals surface area contributed by atoms with Crippen molar-refractivity contribution in [3.8, 4) is 0 Å². The van der Waals surface area contributed by atoms with Gasteiger partial charge in [-0.1, -0.05) is 0 Å². The predicted molar refractivity (Wildman–Crippen MR) is 54.4 cm³/mol. The molecule has 2 N–H and O–H groups in total. The minimum atomic E-state index is -0.572. The molecule has 0 saturated heterocycles. The fraction of sp³-hybridized carbons (Fsp3) is 0.889. The monoisotopic (exact) mass is 204 g/mol. The van der Waals surface area contributed by atoms with Crippen molar-refractivity contribution in [1.82, 2.24) is 10.6 Å². The molecule has 0 spiro atoms. The maximum absolute atomic E-state index is 10.9. The topological polar surface area (TPSA) is 59.6 Å². The van der Waals surface area contributed by atoms with Gasteiger partial charge in [-0.25, -0.2) is 4.79 Å². The van der Waals surface area contributed by atoms with Gasteiger partial charge in [-0.2, -0.15) is 0 Å². The molecule has 0 rings (SSSR count). The van der Waals surface area contributed by atoms with Crippen molar-refractivity contribution in [1.29, 1.82) is 0 Å². The zero-order valence-electron chi connectivity index (χ0n) is 8.97. The Hall–Kier alpha value is -0.810. The van der Waals surface area contributed by atoms with E-state index in [-0.39, 0.29) is 0 Å². The van der Waals surface area contributed by atoms with Gasteiger partial charge in [-0.3, -0.25) is 0 Å². The molecule has 0 heterocycles. The molecule has 0 aliphatic heterocycles. The molecule has 84 valence electrons. The van der Waals surface area contributed by atoms with Crippen molar-refractivity contribution >= 4 is 6.16 Å². The number of hydrogen-bond donors (Lipinski definition) is 2. The van der Waals surface area contributed by atoms with Crippen LogP contribution in [0.15, 0.2) is 0 Å². The Morgan fingerprint density at radius 3 is 1.79 bits per heavy atom. The lowest BCUT2D eigenvalue weighted by molar-refractivity contribution is 0.0541. The Morgan fingerprint density at radius 1 is 1.00 bits per heavy atom.